The second-order valence-electron chi connectivity index (χ2n) is 5.72. The van der Waals surface area contributed by atoms with Crippen molar-refractivity contribution < 1.29 is 13.6 Å². The molecule has 1 aliphatic heterocycles. The topological polar surface area (TPSA) is 33.5 Å². The number of anilines is 1. The summed E-state index contributed by atoms with van der Waals surface area (Å²) in [6, 6.07) is 3.44. The van der Waals surface area contributed by atoms with Crippen LogP contribution in [0.5, 0.6) is 0 Å². The molecule has 0 saturated carbocycles. The number of fused-ring (bicyclic) bond motifs is 1. The Morgan fingerprint density at radius 3 is 2.64 bits per heavy atom. The molecule has 2 heterocycles. The molecule has 1 aromatic carbocycles. The minimum atomic E-state index is -0.336. The Balaban J connectivity index is 2.10. The van der Waals surface area contributed by atoms with Gasteiger partial charge in [-0.15, -0.1) is 0 Å². The minimum absolute atomic E-state index is 0.218. The van der Waals surface area contributed by atoms with Crippen LogP contribution >= 0.6 is 15.9 Å². The number of amides is 1. The van der Waals surface area contributed by atoms with Gasteiger partial charge >= 0.3 is 0 Å². The lowest BCUT2D eigenvalue weighted by Crippen LogP contribution is -2.36. The number of aryl methyl sites for hydroxylation is 4. The molecule has 3 nitrogen and oxygen atoms in total. The van der Waals surface area contributed by atoms with Gasteiger partial charge in [0, 0.05) is 6.54 Å². The number of furan rings is 1. The molecular formula is C17H17BrFNO2. The van der Waals surface area contributed by atoms with E-state index in [2.05, 4.69) is 15.9 Å². The van der Waals surface area contributed by atoms with E-state index < -0.39 is 0 Å². The molecule has 0 N–H and O–H groups in total. The third-order valence-electron chi connectivity index (χ3n) is 4.03. The van der Waals surface area contributed by atoms with Crippen LogP contribution < -0.4 is 4.90 Å². The summed E-state index contributed by atoms with van der Waals surface area (Å²) in [5.41, 5.74) is 2.66. The van der Waals surface area contributed by atoms with Crippen molar-refractivity contribution in [3.63, 3.8) is 0 Å². The Kier molecular flexibility index (Phi) is 3.85. The average Bonchev–Trinajstić information content (AvgIpc) is 2.70. The van der Waals surface area contributed by atoms with E-state index in [1.165, 1.54) is 11.0 Å². The SMILES string of the molecule is Cc1cc(F)c2c(c1)CCCN2C(=O)c1c(C)oc(C)c1Br. The summed E-state index contributed by atoms with van der Waals surface area (Å²) in [7, 11) is 0. The summed E-state index contributed by atoms with van der Waals surface area (Å²) in [4.78, 5) is 14.5. The van der Waals surface area contributed by atoms with Crippen molar-refractivity contribution in [1.82, 2.24) is 0 Å². The molecule has 5 heteroatoms. The van der Waals surface area contributed by atoms with Crippen LogP contribution in [0, 0.1) is 26.6 Å². The second kappa shape index (κ2) is 5.54. The quantitative estimate of drug-likeness (QED) is 0.733. The van der Waals surface area contributed by atoms with Gasteiger partial charge in [-0.25, -0.2) is 4.39 Å². The smallest absolute Gasteiger partial charge is 0.263 e. The molecule has 0 fully saturated rings. The molecule has 0 aliphatic carbocycles. The third kappa shape index (κ3) is 2.37. The lowest BCUT2D eigenvalue weighted by molar-refractivity contribution is 0.0982. The summed E-state index contributed by atoms with van der Waals surface area (Å²) in [5.74, 6) is 0.651. The number of benzene rings is 1. The summed E-state index contributed by atoms with van der Waals surface area (Å²) in [5, 5.41) is 0. The van der Waals surface area contributed by atoms with E-state index in [9.17, 15) is 9.18 Å². The highest BCUT2D eigenvalue weighted by Crippen LogP contribution is 2.35. The van der Waals surface area contributed by atoms with Crippen molar-refractivity contribution in [2.24, 2.45) is 0 Å². The van der Waals surface area contributed by atoms with Gasteiger partial charge in [0.15, 0.2) is 0 Å². The molecule has 0 unspecified atom stereocenters. The first kappa shape index (κ1) is 15.3. The Hall–Kier alpha value is -1.62. The fourth-order valence-electron chi connectivity index (χ4n) is 3.08. The number of carbonyl (C=O) groups is 1. The summed E-state index contributed by atoms with van der Waals surface area (Å²) >= 11 is 3.40. The van der Waals surface area contributed by atoms with Crippen molar-refractivity contribution in [3.8, 4) is 0 Å². The molecule has 3 rings (SSSR count). The van der Waals surface area contributed by atoms with E-state index in [0.717, 1.165) is 24.0 Å². The van der Waals surface area contributed by atoms with Crippen LogP contribution in [0.3, 0.4) is 0 Å². The molecule has 2 aromatic rings. The van der Waals surface area contributed by atoms with Crippen LogP contribution in [-0.4, -0.2) is 12.5 Å². The zero-order chi connectivity index (χ0) is 16.0. The van der Waals surface area contributed by atoms with Gasteiger partial charge in [-0.2, -0.15) is 0 Å². The van der Waals surface area contributed by atoms with Crippen LogP contribution in [0.4, 0.5) is 10.1 Å². The highest BCUT2D eigenvalue weighted by atomic mass is 79.9. The van der Waals surface area contributed by atoms with Gasteiger partial charge in [0.25, 0.3) is 5.91 Å². The van der Waals surface area contributed by atoms with Crippen LogP contribution in [0.1, 0.15) is 39.4 Å². The molecular weight excluding hydrogens is 349 g/mol. The summed E-state index contributed by atoms with van der Waals surface area (Å²) in [6.45, 7) is 5.93. The zero-order valence-corrected chi connectivity index (χ0v) is 14.4. The highest BCUT2D eigenvalue weighted by Gasteiger charge is 2.30. The van der Waals surface area contributed by atoms with Crippen LogP contribution in [-0.2, 0) is 6.42 Å². The number of nitrogens with zero attached hydrogens (tertiary/aromatic N) is 1. The minimum Gasteiger partial charge on any atom is -0.465 e. The largest absolute Gasteiger partial charge is 0.465 e. The molecule has 1 amide bonds. The van der Waals surface area contributed by atoms with Gasteiger partial charge in [-0.1, -0.05) is 6.07 Å². The molecule has 1 aliphatic rings. The second-order valence-corrected chi connectivity index (χ2v) is 6.51. The maximum Gasteiger partial charge on any atom is 0.263 e. The Morgan fingerprint density at radius 1 is 1.27 bits per heavy atom. The Labute approximate surface area is 137 Å². The fourth-order valence-corrected chi connectivity index (χ4v) is 3.61. The van der Waals surface area contributed by atoms with Gasteiger partial charge in [-0.05, 0) is 66.7 Å². The van der Waals surface area contributed by atoms with Crippen molar-refractivity contribution in [2.75, 3.05) is 11.4 Å². The normalized spacial score (nSPS) is 14.1. The van der Waals surface area contributed by atoms with Crippen molar-refractivity contribution >= 4 is 27.5 Å². The van der Waals surface area contributed by atoms with Gasteiger partial charge in [0.05, 0.1) is 15.7 Å². The number of rotatable bonds is 1. The van der Waals surface area contributed by atoms with E-state index in [-0.39, 0.29) is 11.7 Å². The summed E-state index contributed by atoms with van der Waals surface area (Å²) in [6.07, 6.45) is 1.62. The molecule has 0 bridgehead atoms. The van der Waals surface area contributed by atoms with E-state index >= 15 is 0 Å². The third-order valence-corrected chi connectivity index (χ3v) is 4.99. The monoisotopic (exact) mass is 365 g/mol. The number of hydrogen-bond acceptors (Lipinski definition) is 2. The van der Waals surface area contributed by atoms with Crippen molar-refractivity contribution in [1.29, 1.82) is 0 Å². The highest BCUT2D eigenvalue weighted by molar-refractivity contribution is 9.10. The Morgan fingerprint density at radius 2 is 2.00 bits per heavy atom. The number of hydrogen-bond donors (Lipinski definition) is 0. The first-order valence-electron chi connectivity index (χ1n) is 7.26. The standard InChI is InChI=1S/C17H17BrFNO2/c1-9-7-12-5-4-6-20(16(12)13(19)8-9)17(21)14-10(2)22-11(3)15(14)18/h7-8H,4-6H2,1-3H3. The van der Waals surface area contributed by atoms with Gasteiger partial charge in [0.2, 0.25) is 0 Å². The maximum absolute atomic E-state index is 14.4. The van der Waals surface area contributed by atoms with Crippen molar-refractivity contribution in [2.45, 2.75) is 33.6 Å². The average molecular weight is 366 g/mol. The molecule has 22 heavy (non-hydrogen) atoms. The lowest BCUT2D eigenvalue weighted by atomic mass is 9.98. The molecule has 0 spiro atoms. The predicted molar refractivity (Wildman–Crippen MR) is 87.0 cm³/mol. The van der Waals surface area contributed by atoms with E-state index in [4.69, 9.17) is 4.42 Å². The first-order chi connectivity index (χ1) is 10.4. The fraction of sp³-hybridized carbons (Fsp3) is 0.353. The van der Waals surface area contributed by atoms with Crippen LogP contribution in [0.25, 0.3) is 0 Å². The lowest BCUT2D eigenvalue weighted by Gasteiger charge is -2.30. The predicted octanol–water partition coefficient (Wildman–Crippen LogP) is 4.70. The number of halogens is 2. The molecule has 1 aromatic heterocycles. The maximum atomic E-state index is 14.4. The van der Waals surface area contributed by atoms with E-state index in [1.807, 2.05) is 13.0 Å². The first-order valence-corrected chi connectivity index (χ1v) is 8.06. The van der Waals surface area contributed by atoms with Crippen molar-refractivity contribution in [3.05, 3.63) is 50.6 Å². The van der Waals surface area contributed by atoms with Gasteiger partial charge < -0.3 is 9.32 Å². The Bertz CT molecular complexity index is 767. The van der Waals surface area contributed by atoms with E-state index in [0.29, 0.717) is 33.8 Å². The molecule has 0 saturated heterocycles. The molecule has 116 valence electrons. The van der Waals surface area contributed by atoms with Crippen LogP contribution in [0.2, 0.25) is 0 Å². The van der Waals surface area contributed by atoms with Gasteiger partial charge in [0.1, 0.15) is 17.3 Å². The molecule has 0 atom stereocenters. The molecule has 0 radical (unpaired) electrons. The van der Waals surface area contributed by atoms with Gasteiger partial charge in [-0.3, -0.25) is 4.79 Å². The van der Waals surface area contributed by atoms with E-state index in [1.54, 1.807) is 13.8 Å². The summed E-state index contributed by atoms with van der Waals surface area (Å²) < 4.78 is 20.6. The zero-order valence-electron chi connectivity index (χ0n) is 12.8. The van der Waals surface area contributed by atoms with Crippen LogP contribution in [0.15, 0.2) is 21.0 Å². The number of carbonyl (C=O) groups excluding carboxylic acids is 1.